The summed E-state index contributed by atoms with van der Waals surface area (Å²) < 4.78 is 13.6. The molecule has 1 atom stereocenters. The molecule has 1 aliphatic heterocycles. The van der Waals surface area contributed by atoms with E-state index in [9.17, 15) is 14.0 Å². The minimum atomic E-state index is -0.498. The highest BCUT2D eigenvalue weighted by atomic mass is 32.2. The third-order valence-electron chi connectivity index (χ3n) is 4.07. The second-order valence-corrected chi connectivity index (χ2v) is 8.31. The molecule has 0 aromatic heterocycles. The van der Waals surface area contributed by atoms with E-state index in [2.05, 4.69) is 5.32 Å². The largest absolute Gasteiger partial charge is 0.326 e. The normalized spacial score (nSPS) is 17.5. The number of benzene rings is 2. The molecule has 1 fully saturated rings. The number of carbonyl (C=O) groups is 2. The number of anilines is 2. The molecule has 1 heterocycles. The van der Waals surface area contributed by atoms with Crippen LogP contribution in [0.3, 0.4) is 0 Å². The van der Waals surface area contributed by atoms with Gasteiger partial charge in [-0.1, -0.05) is 39.0 Å². The van der Waals surface area contributed by atoms with Crippen LogP contribution in [0.5, 0.6) is 0 Å². The van der Waals surface area contributed by atoms with Crippen LogP contribution in [-0.2, 0) is 9.59 Å². The first-order valence-electron chi connectivity index (χ1n) is 8.36. The van der Waals surface area contributed by atoms with E-state index in [1.54, 1.807) is 17.0 Å². The monoisotopic (exact) mass is 372 g/mol. The van der Waals surface area contributed by atoms with Crippen LogP contribution in [0.15, 0.2) is 48.5 Å². The molecule has 3 rings (SSSR count). The molecular formula is C20H21FN2O2S. The van der Waals surface area contributed by atoms with Gasteiger partial charge in [-0.25, -0.2) is 4.39 Å². The number of rotatable bonds is 3. The van der Waals surface area contributed by atoms with Crippen LogP contribution in [0.4, 0.5) is 15.8 Å². The lowest BCUT2D eigenvalue weighted by atomic mass is 9.95. The van der Waals surface area contributed by atoms with Crippen molar-refractivity contribution in [1.29, 1.82) is 0 Å². The minimum absolute atomic E-state index is 0.0604. The summed E-state index contributed by atoms with van der Waals surface area (Å²) in [4.78, 5) is 26.2. The van der Waals surface area contributed by atoms with E-state index in [1.165, 1.54) is 23.9 Å². The average Bonchev–Trinajstić information content (AvgIpc) is 2.96. The van der Waals surface area contributed by atoms with Gasteiger partial charge < -0.3 is 5.32 Å². The Morgan fingerprint density at radius 2 is 1.92 bits per heavy atom. The van der Waals surface area contributed by atoms with Crippen LogP contribution in [0, 0.1) is 11.2 Å². The van der Waals surface area contributed by atoms with Crippen molar-refractivity contribution in [2.45, 2.75) is 26.1 Å². The fraction of sp³-hybridized carbons (Fsp3) is 0.300. The Labute approximate surface area is 156 Å². The number of amides is 2. The van der Waals surface area contributed by atoms with Gasteiger partial charge in [0.05, 0.1) is 5.75 Å². The lowest BCUT2D eigenvalue weighted by molar-refractivity contribution is -0.123. The first-order valence-corrected chi connectivity index (χ1v) is 9.41. The summed E-state index contributed by atoms with van der Waals surface area (Å²) in [7, 11) is 0. The second kappa shape index (κ2) is 7.11. The lowest BCUT2D eigenvalue weighted by Crippen LogP contribution is -2.28. The zero-order valence-corrected chi connectivity index (χ0v) is 15.8. The molecular weight excluding hydrogens is 351 g/mol. The molecule has 4 nitrogen and oxygen atoms in total. The molecule has 0 radical (unpaired) electrons. The molecule has 1 saturated heterocycles. The van der Waals surface area contributed by atoms with Gasteiger partial charge in [0.15, 0.2) is 0 Å². The number of hydrogen-bond donors (Lipinski definition) is 1. The van der Waals surface area contributed by atoms with Crippen LogP contribution in [0.2, 0.25) is 0 Å². The van der Waals surface area contributed by atoms with Gasteiger partial charge in [-0.3, -0.25) is 14.5 Å². The zero-order valence-electron chi connectivity index (χ0n) is 15.0. The van der Waals surface area contributed by atoms with Crippen molar-refractivity contribution in [3.8, 4) is 0 Å². The number of nitrogens with zero attached hydrogens (tertiary/aromatic N) is 1. The summed E-state index contributed by atoms with van der Waals surface area (Å²) >= 11 is 1.49. The van der Waals surface area contributed by atoms with Crippen molar-refractivity contribution in [2.24, 2.45) is 5.41 Å². The van der Waals surface area contributed by atoms with Crippen molar-refractivity contribution < 1.29 is 14.0 Å². The fourth-order valence-electron chi connectivity index (χ4n) is 2.66. The van der Waals surface area contributed by atoms with E-state index >= 15 is 0 Å². The quantitative estimate of drug-likeness (QED) is 0.857. The number of halogens is 1. The van der Waals surface area contributed by atoms with E-state index < -0.39 is 5.41 Å². The summed E-state index contributed by atoms with van der Waals surface area (Å²) in [5, 5.41) is 2.66. The maximum absolute atomic E-state index is 13.6. The van der Waals surface area contributed by atoms with Gasteiger partial charge in [-0.2, -0.15) is 0 Å². The van der Waals surface area contributed by atoms with Crippen molar-refractivity contribution in [3.63, 3.8) is 0 Å². The van der Waals surface area contributed by atoms with E-state index in [0.717, 1.165) is 5.56 Å². The molecule has 1 aliphatic rings. The predicted molar refractivity (Wildman–Crippen MR) is 104 cm³/mol. The summed E-state index contributed by atoms with van der Waals surface area (Å²) in [6, 6.07) is 13.5. The Bertz CT molecular complexity index is 848. The van der Waals surface area contributed by atoms with Crippen LogP contribution in [0.25, 0.3) is 0 Å². The molecule has 0 bridgehead atoms. The third-order valence-corrected chi connectivity index (χ3v) is 5.28. The second-order valence-electron chi connectivity index (χ2n) is 7.24. The van der Waals surface area contributed by atoms with Crippen molar-refractivity contribution >= 4 is 35.0 Å². The van der Waals surface area contributed by atoms with E-state index in [0.29, 0.717) is 17.1 Å². The van der Waals surface area contributed by atoms with Crippen molar-refractivity contribution in [2.75, 3.05) is 16.0 Å². The SMILES string of the molecule is CC(C)(C)C(=O)Nc1cccc(C2SCC(=O)N2c2cccc(F)c2)c1. The molecule has 6 heteroatoms. The molecule has 26 heavy (non-hydrogen) atoms. The predicted octanol–water partition coefficient (Wildman–Crippen LogP) is 4.59. The summed E-state index contributed by atoms with van der Waals surface area (Å²) in [5.41, 5.74) is 1.61. The molecule has 2 amide bonds. The van der Waals surface area contributed by atoms with Gasteiger partial charge in [0.2, 0.25) is 11.8 Å². The lowest BCUT2D eigenvalue weighted by Gasteiger charge is -2.25. The summed E-state index contributed by atoms with van der Waals surface area (Å²) in [5.74, 6) is -0.182. The van der Waals surface area contributed by atoms with Gasteiger partial charge in [0.25, 0.3) is 0 Å². The van der Waals surface area contributed by atoms with Gasteiger partial charge in [0.1, 0.15) is 11.2 Å². The first kappa shape index (κ1) is 18.5. The third kappa shape index (κ3) is 3.90. The van der Waals surface area contributed by atoms with Gasteiger partial charge >= 0.3 is 0 Å². The van der Waals surface area contributed by atoms with Gasteiger partial charge in [-0.05, 0) is 35.9 Å². The van der Waals surface area contributed by atoms with E-state index in [1.807, 2.05) is 45.0 Å². The van der Waals surface area contributed by atoms with Crippen LogP contribution in [0.1, 0.15) is 31.7 Å². The maximum atomic E-state index is 13.6. The number of hydrogen-bond acceptors (Lipinski definition) is 3. The highest BCUT2D eigenvalue weighted by molar-refractivity contribution is 8.00. The van der Waals surface area contributed by atoms with E-state index in [4.69, 9.17) is 0 Å². The Hall–Kier alpha value is -2.34. The highest BCUT2D eigenvalue weighted by Crippen LogP contribution is 2.42. The highest BCUT2D eigenvalue weighted by Gasteiger charge is 2.34. The summed E-state index contributed by atoms with van der Waals surface area (Å²) in [6.07, 6.45) is 0. The van der Waals surface area contributed by atoms with Crippen LogP contribution >= 0.6 is 11.8 Å². The van der Waals surface area contributed by atoms with Crippen molar-refractivity contribution in [1.82, 2.24) is 0 Å². The van der Waals surface area contributed by atoms with Crippen molar-refractivity contribution in [3.05, 3.63) is 59.9 Å². The smallest absolute Gasteiger partial charge is 0.238 e. The molecule has 1 N–H and O–H groups in total. The van der Waals surface area contributed by atoms with E-state index in [-0.39, 0.29) is 23.0 Å². The molecule has 136 valence electrons. The van der Waals surface area contributed by atoms with Gasteiger partial charge in [0, 0.05) is 16.8 Å². The fourth-order valence-corrected chi connectivity index (χ4v) is 3.83. The summed E-state index contributed by atoms with van der Waals surface area (Å²) in [6.45, 7) is 5.55. The number of carbonyl (C=O) groups excluding carboxylic acids is 2. The average molecular weight is 372 g/mol. The number of nitrogens with one attached hydrogen (secondary N) is 1. The molecule has 0 aliphatic carbocycles. The molecule has 0 saturated carbocycles. The molecule has 1 unspecified atom stereocenters. The minimum Gasteiger partial charge on any atom is -0.326 e. The van der Waals surface area contributed by atoms with Gasteiger partial charge in [-0.15, -0.1) is 11.8 Å². The standard InChI is InChI=1S/C20H21FN2O2S/c1-20(2,3)19(25)22-15-8-4-6-13(10-15)18-23(17(24)12-26-18)16-9-5-7-14(21)11-16/h4-11,18H,12H2,1-3H3,(H,22,25). The Morgan fingerprint density at radius 1 is 1.19 bits per heavy atom. The Balaban J connectivity index is 1.89. The zero-order chi connectivity index (χ0) is 18.9. The topological polar surface area (TPSA) is 49.4 Å². The molecule has 2 aromatic rings. The molecule has 0 spiro atoms. The van der Waals surface area contributed by atoms with Crippen LogP contribution in [-0.4, -0.2) is 17.6 Å². The maximum Gasteiger partial charge on any atom is 0.238 e. The number of thioether (sulfide) groups is 1. The molecule has 2 aromatic carbocycles. The Morgan fingerprint density at radius 3 is 2.62 bits per heavy atom. The Kier molecular flexibility index (Phi) is 5.05. The van der Waals surface area contributed by atoms with Crippen LogP contribution < -0.4 is 10.2 Å². The first-order chi connectivity index (χ1) is 12.3.